The lowest BCUT2D eigenvalue weighted by molar-refractivity contribution is 0.0842. The fourth-order valence-corrected chi connectivity index (χ4v) is 3.25. The van der Waals surface area contributed by atoms with Crippen molar-refractivity contribution in [1.29, 1.82) is 0 Å². The van der Waals surface area contributed by atoms with E-state index in [1.165, 1.54) is 5.56 Å². The van der Waals surface area contributed by atoms with Gasteiger partial charge in [-0.25, -0.2) is 0 Å². The monoisotopic (exact) mass is 368 g/mol. The zero-order valence-corrected chi connectivity index (χ0v) is 16.1. The molecule has 22 heavy (non-hydrogen) atoms. The number of hydrogen-bond donors (Lipinski definition) is 1. The minimum absolute atomic E-state index is 0. The van der Waals surface area contributed by atoms with Gasteiger partial charge in [0.2, 0.25) is 0 Å². The molecule has 0 bridgehead atoms. The van der Waals surface area contributed by atoms with Crippen LogP contribution in [0, 0.1) is 5.41 Å². The average Bonchev–Trinajstić information content (AvgIpc) is 2.39. The van der Waals surface area contributed by atoms with E-state index in [1.807, 2.05) is 12.1 Å². The molecule has 0 aliphatic carbocycles. The van der Waals surface area contributed by atoms with Gasteiger partial charge in [0.05, 0.1) is 7.11 Å². The first-order valence-electron chi connectivity index (χ1n) is 7.21. The predicted octanol–water partition coefficient (Wildman–Crippen LogP) is 4.18. The molecular formula is C16H27Cl3N2O. The maximum absolute atomic E-state index is 6.22. The Kier molecular flexibility index (Phi) is 9.11. The number of benzene rings is 1. The standard InChI is InChI=1S/C16H25ClN2O.2ClH/c1-16(2,3)15(19-9-7-18-8-10-19)13-11-12(17)5-6-14(13)20-4;;/h5-6,11,15,18H,7-10H2,1-4H3;2*1H/t15-;;/m0../s1. The molecule has 1 aromatic carbocycles. The van der Waals surface area contributed by atoms with Crippen LogP contribution >= 0.6 is 36.4 Å². The topological polar surface area (TPSA) is 24.5 Å². The van der Waals surface area contributed by atoms with Crippen LogP contribution in [0.1, 0.15) is 32.4 Å². The van der Waals surface area contributed by atoms with E-state index >= 15 is 0 Å². The van der Waals surface area contributed by atoms with Crippen molar-refractivity contribution in [2.45, 2.75) is 26.8 Å². The molecule has 1 atom stereocenters. The fraction of sp³-hybridized carbons (Fsp3) is 0.625. The van der Waals surface area contributed by atoms with Crippen molar-refractivity contribution in [1.82, 2.24) is 10.2 Å². The molecule has 1 heterocycles. The molecule has 0 radical (unpaired) electrons. The summed E-state index contributed by atoms with van der Waals surface area (Å²) in [5, 5.41) is 4.18. The fourth-order valence-electron chi connectivity index (χ4n) is 3.07. The highest BCUT2D eigenvalue weighted by Gasteiger charge is 2.34. The quantitative estimate of drug-likeness (QED) is 0.865. The first-order chi connectivity index (χ1) is 9.43. The van der Waals surface area contributed by atoms with Crippen molar-refractivity contribution in [2.75, 3.05) is 33.3 Å². The van der Waals surface area contributed by atoms with Gasteiger partial charge in [0.25, 0.3) is 0 Å². The van der Waals surface area contributed by atoms with Gasteiger partial charge in [-0.2, -0.15) is 0 Å². The summed E-state index contributed by atoms with van der Waals surface area (Å²) < 4.78 is 5.57. The summed E-state index contributed by atoms with van der Waals surface area (Å²) in [7, 11) is 1.73. The lowest BCUT2D eigenvalue weighted by atomic mass is 9.80. The summed E-state index contributed by atoms with van der Waals surface area (Å²) in [5.41, 5.74) is 1.31. The molecule has 1 aliphatic rings. The molecule has 1 fully saturated rings. The molecule has 3 nitrogen and oxygen atoms in total. The molecule has 0 saturated carbocycles. The lowest BCUT2D eigenvalue weighted by Crippen LogP contribution is -2.48. The number of ether oxygens (including phenoxy) is 1. The molecule has 0 amide bonds. The van der Waals surface area contributed by atoms with E-state index in [2.05, 4.69) is 37.1 Å². The Morgan fingerprint density at radius 1 is 1.18 bits per heavy atom. The van der Waals surface area contributed by atoms with Crippen molar-refractivity contribution >= 4 is 36.4 Å². The Morgan fingerprint density at radius 2 is 1.77 bits per heavy atom. The number of nitrogens with one attached hydrogen (secondary N) is 1. The predicted molar refractivity (Wildman–Crippen MR) is 99.1 cm³/mol. The van der Waals surface area contributed by atoms with Crippen LogP contribution in [0.25, 0.3) is 0 Å². The highest BCUT2D eigenvalue weighted by molar-refractivity contribution is 6.30. The van der Waals surface area contributed by atoms with Gasteiger partial charge in [-0.1, -0.05) is 32.4 Å². The van der Waals surface area contributed by atoms with E-state index in [1.54, 1.807) is 7.11 Å². The number of rotatable bonds is 3. The first kappa shape index (κ1) is 21.8. The third-order valence-electron chi connectivity index (χ3n) is 3.82. The summed E-state index contributed by atoms with van der Waals surface area (Å²) in [4.78, 5) is 2.53. The third kappa shape index (κ3) is 5.17. The average molecular weight is 370 g/mol. The number of hydrogen-bond acceptors (Lipinski definition) is 3. The maximum atomic E-state index is 6.22. The molecule has 0 aromatic heterocycles. The Hall–Kier alpha value is -0.190. The molecule has 2 rings (SSSR count). The minimum atomic E-state index is 0. The minimum Gasteiger partial charge on any atom is -0.496 e. The molecule has 128 valence electrons. The van der Waals surface area contributed by atoms with E-state index in [-0.39, 0.29) is 30.2 Å². The van der Waals surface area contributed by atoms with Gasteiger partial charge in [0.15, 0.2) is 0 Å². The van der Waals surface area contributed by atoms with Crippen molar-refractivity contribution in [2.24, 2.45) is 5.41 Å². The van der Waals surface area contributed by atoms with Crippen molar-refractivity contribution < 1.29 is 4.74 Å². The van der Waals surface area contributed by atoms with Crippen molar-refractivity contribution in [3.63, 3.8) is 0 Å². The normalized spacial score (nSPS) is 17.1. The van der Waals surface area contributed by atoms with Gasteiger partial charge < -0.3 is 10.1 Å². The Balaban J connectivity index is 0.00000220. The van der Waals surface area contributed by atoms with Crippen LogP contribution in [0.4, 0.5) is 0 Å². The maximum Gasteiger partial charge on any atom is 0.123 e. The van der Waals surface area contributed by atoms with Crippen LogP contribution in [0.5, 0.6) is 5.75 Å². The lowest BCUT2D eigenvalue weighted by Gasteiger charge is -2.43. The zero-order valence-electron chi connectivity index (χ0n) is 13.7. The molecular weight excluding hydrogens is 343 g/mol. The second-order valence-electron chi connectivity index (χ2n) is 6.44. The molecule has 1 aromatic rings. The van der Waals surface area contributed by atoms with Crippen LogP contribution in [-0.2, 0) is 0 Å². The smallest absolute Gasteiger partial charge is 0.123 e. The summed E-state index contributed by atoms with van der Waals surface area (Å²) in [5.74, 6) is 0.924. The summed E-state index contributed by atoms with van der Waals surface area (Å²) >= 11 is 6.22. The van der Waals surface area contributed by atoms with Gasteiger partial charge in [-0.15, -0.1) is 24.8 Å². The van der Waals surface area contributed by atoms with E-state index in [0.717, 1.165) is 37.0 Å². The number of halogens is 3. The van der Waals surface area contributed by atoms with Gasteiger partial charge in [-0.05, 0) is 23.6 Å². The second-order valence-corrected chi connectivity index (χ2v) is 6.88. The molecule has 6 heteroatoms. The van der Waals surface area contributed by atoms with Crippen molar-refractivity contribution in [3.05, 3.63) is 28.8 Å². The molecule has 0 unspecified atom stereocenters. The summed E-state index contributed by atoms with van der Waals surface area (Å²) in [6.45, 7) is 11.0. The summed E-state index contributed by atoms with van der Waals surface area (Å²) in [6.07, 6.45) is 0. The largest absolute Gasteiger partial charge is 0.496 e. The Bertz CT molecular complexity index is 457. The van der Waals surface area contributed by atoms with Gasteiger partial charge in [-0.3, -0.25) is 4.90 Å². The number of nitrogens with zero attached hydrogens (tertiary/aromatic N) is 1. The highest BCUT2D eigenvalue weighted by atomic mass is 35.5. The summed E-state index contributed by atoms with van der Waals surface area (Å²) in [6, 6.07) is 6.22. The molecule has 1 N–H and O–H groups in total. The Labute approximate surface area is 151 Å². The van der Waals surface area contributed by atoms with Crippen LogP contribution in [-0.4, -0.2) is 38.2 Å². The SMILES string of the molecule is COc1ccc(Cl)cc1[C@H](N1CCNCC1)C(C)(C)C.Cl.Cl. The van der Waals surface area contributed by atoms with Crippen LogP contribution < -0.4 is 10.1 Å². The van der Waals surface area contributed by atoms with E-state index < -0.39 is 0 Å². The zero-order chi connectivity index (χ0) is 14.8. The van der Waals surface area contributed by atoms with Crippen LogP contribution in [0.2, 0.25) is 5.02 Å². The second kappa shape index (κ2) is 9.19. The van der Waals surface area contributed by atoms with Gasteiger partial charge in [0.1, 0.15) is 5.75 Å². The number of piperazine rings is 1. The van der Waals surface area contributed by atoms with Crippen LogP contribution in [0.15, 0.2) is 18.2 Å². The van der Waals surface area contributed by atoms with Gasteiger partial charge in [0, 0.05) is 42.8 Å². The van der Waals surface area contributed by atoms with Crippen molar-refractivity contribution in [3.8, 4) is 5.75 Å². The highest BCUT2D eigenvalue weighted by Crippen LogP contribution is 2.42. The third-order valence-corrected chi connectivity index (χ3v) is 4.06. The number of methoxy groups -OCH3 is 1. The van der Waals surface area contributed by atoms with E-state index in [9.17, 15) is 0 Å². The molecule has 1 aliphatic heterocycles. The van der Waals surface area contributed by atoms with E-state index in [4.69, 9.17) is 16.3 Å². The molecule has 0 spiro atoms. The first-order valence-corrected chi connectivity index (χ1v) is 7.59. The Morgan fingerprint density at radius 3 is 2.27 bits per heavy atom. The van der Waals surface area contributed by atoms with E-state index in [0.29, 0.717) is 6.04 Å². The molecule has 1 saturated heterocycles. The van der Waals surface area contributed by atoms with Gasteiger partial charge >= 0.3 is 0 Å². The van der Waals surface area contributed by atoms with Crippen LogP contribution in [0.3, 0.4) is 0 Å².